The minimum absolute atomic E-state index is 0.0426. The number of nitrogens with one attached hydrogen (secondary N) is 2. The van der Waals surface area contributed by atoms with Crippen LogP contribution in [-0.4, -0.2) is 23.8 Å². The van der Waals surface area contributed by atoms with E-state index in [1.165, 1.54) is 0 Å². The summed E-state index contributed by atoms with van der Waals surface area (Å²) in [7, 11) is 1.90. The number of rotatable bonds is 3. The van der Waals surface area contributed by atoms with Crippen molar-refractivity contribution in [3.63, 3.8) is 0 Å². The number of fused-ring (bicyclic) bond motifs is 1. The van der Waals surface area contributed by atoms with E-state index in [4.69, 9.17) is 0 Å². The van der Waals surface area contributed by atoms with Gasteiger partial charge in [0.25, 0.3) is 5.91 Å². The van der Waals surface area contributed by atoms with Gasteiger partial charge in [0, 0.05) is 24.8 Å². The van der Waals surface area contributed by atoms with Crippen molar-refractivity contribution in [2.45, 2.75) is 25.4 Å². The molecule has 0 unspecified atom stereocenters. The van der Waals surface area contributed by atoms with E-state index in [2.05, 4.69) is 27.8 Å². The number of amides is 2. The number of anilines is 2. The van der Waals surface area contributed by atoms with Crippen molar-refractivity contribution in [3.05, 3.63) is 65.9 Å². The fraction of sp³-hybridized carbons (Fsp3) is 0.286. The normalized spacial score (nSPS) is 21.4. The van der Waals surface area contributed by atoms with E-state index in [9.17, 15) is 9.59 Å². The zero-order chi connectivity index (χ0) is 18.8. The van der Waals surface area contributed by atoms with Gasteiger partial charge in [-0.2, -0.15) is 0 Å². The Labute approximate surface area is 158 Å². The molecule has 1 aromatic carbocycles. The highest BCUT2D eigenvalue weighted by Crippen LogP contribution is 2.30. The van der Waals surface area contributed by atoms with Crippen molar-refractivity contribution in [2.75, 3.05) is 17.3 Å². The topological polar surface area (TPSA) is 74.3 Å². The summed E-state index contributed by atoms with van der Waals surface area (Å²) in [4.78, 5) is 31.0. The first-order valence-electron chi connectivity index (χ1n) is 9.18. The van der Waals surface area contributed by atoms with Crippen LogP contribution in [0.25, 0.3) is 0 Å². The number of hydrogen-bond donors (Lipinski definition) is 2. The van der Waals surface area contributed by atoms with Crippen LogP contribution in [0.15, 0.2) is 54.7 Å². The molecule has 2 aromatic rings. The lowest BCUT2D eigenvalue weighted by Gasteiger charge is -2.35. The molecule has 0 saturated carbocycles. The lowest BCUT2D eigenvalue weighted by Crippen LogP contribution is -2.45. The van der Waals surface area contributed by atoms with Gasteiger partial charge >= 0.3 is 0 Å². The molecule has 1 aliphatic heterocycles. The Hall–Kier alpha value is -3.15. The zero-order valence-electron chi connectivity index (χ0n) is 15.2. The van der Waals surface area contributed by atoms with Crippen LogP contribution in [0.2, 0.25) is 0 Å². The van der Waals surface area contributed by atoms with Crippen LogP contribution in [0.1, 0.15) is 41.3 Å². The van der Waals surface area contributed by atoms with Crippen LogP contribution >= 0.6 is 0 Å². The molecule has 6 heteroatoms. The molecule has 2 amide bonds. The van der Waals surface area contributed by atoms with Crippen molar-refractivity contribution in [2.24, 2.45) is 5.92 Å². The zero-order valence-corrected chi connectivity index (χ0v) is 15.2. The third-order valence-corrected chi connectivity index (χ3v) is 5.15. The van der Waals surface area contributed by atoms with Gasteiger partial charge in [0.2, 0.25) is 5.91 Å². The van der Waals surface area contributed by atoms with E-state index in [0.29, 0.717) is 11.4 Å². The van der Waals surface area contributed by atoms with Gasteiger partial charge in [0.15, 0.2) is 0 Å². The molecule has 2 heterocycles. The predicted octanol–water partition coefficient (Wildman–Crippen LogP) is 3.25. The van der Waals surface area contributed by atoms with Gasteiger partial charge in [-0.3, -0.25) is 9.59 Å². The maximum atomic E-state index is 12.4. The van der Waals surface area contributed by atoms with E-state index >= 15 is 0 Å². The Morgan fingerprint density at radius 1 is 1.22 bits per heavy atom. The van der Waals surface area contributed by atoms with Gasteiger partial charge in [-0.15, -0.1) is 0 Å². The Morgan fingerprint density at radius 2 is 2.04 bits per heavy atom. The van der Waals surface area contributed by atoms with Crippen molar-refractivity contribution >= 4 is 23.3 Å². The first kappa shape index (κ1) is 17.3. The minimum Gasteiger partial charge on any atom is -0.335 e. The summed E-state index contributed by atoms with van der Waals surface area (Å²) in [5.41, 5.74) is 2.27. The third-order valence-electron chi connectivity index (χ3n) is 5.15. The monoisotopic (exact) mass is 362 g/mol. The van der Waals surface area contributed by atoms with Crippen LogP contribution in [0, 0.1) is 5.92 Å². The van der Waals surface area contributed by atoms with Gasteiger partial charge in [0.1, 0.15) is 12.0 Å². The molecule has 0 spiro atoms. The molecular formula is C21H22N4O2. The summed E-state index contributed by atoms with van der Waals surface area (Å²) in [6.45, 7) is 0. The predicted molar refractivity (Wildman–Crippen MR) is 104 cm³/mol. The van der Waals surface area contributed by atoms with Crippen LogP contribution in [0.3, 0.4) is 0 Å². The largest absolute Gasteiger partial charge is 0.335 e. The maximum absolute atomic E-state index is 12.4. The molecule has 2 aliphatic rings. The number of nitrogens with zero attached hydrogens (tertiary/aromatic N) is 2. The Kier molecular flexibility index (Phi) is 4.62. The Balaban J connectivity index is 1.48. The van der Waals surface area contributed by atoms with Gasteiger partial charge in [-0.25, -0.2) is 4.98 Å². The van der Waals surface area contributed by atoms with Gasteiger partial charge < -0.3 is 15.5 Å². The number of allylic oxidation sites excluding steroid dienone is 2. The fourth-order valence-electron chi connectivity index (χ4n) is 3.61. The molecule has 6 nitrogen and oxygen atoms in total. The second-order valence-corrected chi connectivity index (χ2v) is 6.95. The van der Waals surface area contributed by atoms with Crippen LogP contribution in [0.5, 0.6) is 0 Å². The Bertz CT molecular complexity index is 891. The molecule has 0 saturated heterocycles. The molecule has 138 valence electrons. The Morgan fingerprint density at radius 3 is 2.78 bits per heavy atom. The highest BCUT2D eigenvalue weighted by molar-refractivity contribution is 6.01. The molecule has 0 fully saturated rings. The first-order valence-corrected chi connectivity index (χ1v) is 9.18. The van der Waals surface area contributed by atoms with Gasteiger partial charge in [-0.05, 0) is 49.1 Å². The first-order chi connectivity index (χ1) is 13.1. The average molecular weight is 362 g/mol. The standard InChI is InChI=1S/C21H22N4O2/c1-25-18(24-21(27)17-8-5-13-22-19(17)25)14-9-11-16(12-10-14)23-20(26)15-6-3-2-4-7-15/h2-3,5,8-13,15,18H,4,6-7H2,1H3,(H,23,26)(H,24,27)/t15-,18-/m0/s1. The van der Waals surface area contributed by atoms with Crippen LogP contribution in [-0.2, 0) is 4.79 Å². The number of hydrogen-bond acceptors (Lipinski definition) is 4. The summed E-state index contributed by atoms with van der Waals surface area (Å²) < 4.78 is 0. The van der Waals surface area contributed by atoms with E-state index in [1.54, 1.807) is 18.3 Å². The third kappa shape index (κ3) is 3.43. The number of benzene rings is 1. The second-order valence-electron chi connectivity index (χ2n) is 6.95. The SMILES string of the molecule is CN1c2ncccc2C(=O)N[C@@H]1c1ccc(NC(=O)[C@H]2CC=CCC2)cc1. The molecule has 27 heavy (non-hydrogen) atoms. The lowest BCUT2D eigenvalue weighted by molar-refractivity contribution is -0.120. The van der Waals surface area contributed by atoms with E-state index in [1.807, 2.05) is 36.2 Å². The molecular weight excluding hydrogens is 340 g/mol. The van der Waals surface area contributed by atoms with E-state index in [0.717, 1.165) is 30.5 Å². The molecule has 1 aliphatic carbocycles. The molecule has 0 radical (unpaired) electrons. The average Bonchev–Trinajstić information content (AvgIpc) is 2.72. The number of carbonyl (C=O) groups is 2. The fourth-order valence-corrected chi connectivity index (χ4v) is 3.61. The van der Waals surface area contributed by atoms with Crippen LogP contribution < -0.4 is 15.5 Å². The van der Waals surface area contributed by atoms with Gasteiger partial charge in [-0.1, -0.05) is 24.3 Å². The summed E-state index contributed by atoms with van der Waals surface area (Å²) in [5.74, 6) is 0.632. The highest BCUT2D eigenvalue weighted by atomic mass is 16.2. The number of aromatic nitrogens is 1. The van der Waals surface area contributed by atoms with Crippen molar-refractivity contribution < 1.29 is 9.59 Å². The summed E-state index contributed by atoms with van der Waals surface area (Å²) in [6.07, 6.45) is 8.24. The van der Waals surface area contributed by atoms with Crippen molar-refractivity contribution in [3.8, 4) is 0 Å². The lowest BCUT2D eigenvalue weighted by atomic mass is 9.93. The maximum Gasteiger partial charge on any atom is 0.256 e. The van der Waals surface area contributed by atoms with Gasteiger partial charge in [0.05, 0.1) is 5.56 Å². The molecule has 2 atom stereocenters. The smallest absolute Gasteiger partial charge is 0.256 e. The van der Waals surface area contributed by atoms with Crippen LogP contribution in [0.4, 0.5) is 11.5 Å². The molecule has 1 aromatic heterocycles. The summed E-state index contributed by atoms with van der Waals surface area (Å²) >= 11 is 0. The molecule has 4 rings (SSSR count). The quantitative estimate of drug-likeness (QED) is 0.822. The summed E-state index contributed by atoms with van der Waals surface area (Å²) in [5, 5.41) is 5.99. The molecule has 0 bridgehead atoms. The molecule has 2 N–H and O–H groups in total. The van der Waals surface area contributed by atoms with E-state index in [-0.39, 0.29) is 23.9 Å². The minimum atomic E-state index is -0.298. The van der Waals surface area contributed by atoms with Crippen molar-refractivity contribution in [1.29, 1.82) is 0 Å². The second kappa shape index (κ2) is 7.23. The number of pyridine rings is 1. The highest BCUT2D eigenvalue weighted by Gasteiger charge is 2.30. The summed E-state index contributed by atoms with van der Waals surface area (Å²) in [6, 6.07) is 11.1. The van der Waals surface area contributed by atoms with Crippen molar-refractivity contribution in [1.82, 2.24) is 10.3 Å². The number of carbonyl (C=O) groups excluding carboxylic acids is 2. The van der Waals surface area contributed by atoms with E-state index < -0.39 is 0 Å².